The third kappa shape index (κ3) is 3.47. The monoisotopic (exact) mass is 340 g/mol. The van der Waals surface area contributed by atoms with Gasteiger partial charge in [0.2, 0.25) is 0 Å². The first-order valence-corrected chi connectivity index (χ1v) is 8.55. The molecule has 1 aliphatic heterocycles. The van der Waals surface area contributed by atoms with Gasteiger partial charge in [-0.1, -0.05) is 11.6 Å². The van der Waals surface area contributed by atoms with Crippen LogP contribution >= 0.6 is 22.9 Å². The molecule has 7 nitrogen and oxygen atoms in total. The fraction of sp³-hybridized carbons (Fsp3) is 0.600. The lowest BCUT2D eigenvalue weighted by Gasteiger charge is -2.27. The molecule has 2 unspecified atom stereocenters. The van der Waals surface area contributed by atoms with E-state index in [1.807, 2.05) is 6.92 Å². The molecule has 1 N–H and O–H groups in total. The van der Waals surface area contributed by atoms with Crippen LogP contribution < -0.4 is 4.72 Å². The number of nitrogens with one attached hydrogen (secondary N) is 1. The first kappa shape index (κ1) is 15.6. The van der Waals surface area contributed by atoms with Gasteiger partial charge in [0.05, 0.1) is 11.0 Å². The lowest BCUT2D eigenvalue weighted by Crippen LogP contribution is -2.40. The first-order valence-electron chi connectivity index (χ1n) is 5.87. The minimum absolute atomic E-state index is 0.0160. The van der Waals surface area contributed by atoms with Crippen LogP contribution in [0.3, 0.4) is 0 Å². The number of hydrogen-bond acceptors (Lipinski definition) is 6. The van der Waals surface area contributed by atoms with Crippen molar-refractivity contribution >= 4 is 38.6 Å². The molecule has 0 amide bonds. The Morgan fingerprint density at radius 2 is 2.30 bits per heavy atom. The van der Waals surface area contributed by atoms with E-state index in [-0.39, 0.29) is 20.7 Å². The lowest BCUT2D eigenvalue weighted by molar-refractivity contribution is -0.384. The van der Waals surface area contributed by atoms with Gasteiger partial charge in [0.1, 0.15) is 4.21 Å². The van der Waals surface area contributed by atoms with Gasteiger partial charge >= 0.3 is 0 Å². The number of nitro groups is 1. The molecule has 0 spiro atoms. The van der Waals surface area contributed by atoms with Gasteiger partial charge in [-0.25, -0.2) is 13.1 Å². The molecule has 0 bridgehead atoms. The highest BCUT2D eigenvalue weighted by Crippen LogP contribution is 2.36. The molecule has 0 saturated carbocycles. The van der Waals surface area contributed by atoms with Crippen molar-refractivity contribution in [1.82, 2.24) is 4.72 Å². The predicted molar refractivity (Wildman–Crippen MR) is 74.7 cm³/mol. The van der Waals surface area contributed by atoms with Crippen LogP contribution in [0.2, 0.25) is 4.34 Å². The van der Waals surface area contributed by atoms with Gasteiger partial charge in [-0.05, 0) is 19.8 Å². The highest BCUT2D eigenvalue weighted by atomic mass is 35.5. The highest BCUT2D eigenvalue weighted by Gasteiger charge is 2.29. The van der Waals surface area contributed by atoms with Crippen molar-refractivity contribution < 1.29 is 18.1 Å². The summed E-state index contributed by atoms with van der Waals surface area (Å²) in [6.45, 7) is 2.35. The Hall–Kier alpha value is -0.740. The van der Waals surface area contributed by atoms with Crippen LogP contribution in [0.4, 0.5) is 5.69 Å². The maximum Gasteiger partial charge on any atom is 0.300 e. The Labute approximate surface area is 125 Å². The number of ether oxygens (including phenoxy) is 1. The number of rotatable bonds is 4. The van der Waals surface area contributed by atoms with Crippen LogP contribution in [0, 0.1) is 10.1 Å². The SMILES string of the molecule is CC1CC(NS(=O)(=O)c2cc([N+](=O)[O-])c(Cl)s2)CCO1. The molecule has 0 aromatic carbocycles. The quantitative estimate of drug-likeness (QED) is 0.669. The number of sulfonamides is 1. The summed E-state index contributed by atoms with van der Waals surface area (Å²) >= 11 is 6.36. The largest absolute Gasteiger partial charge is 0.378 e. The number of halogens is 1. The minimum Gasteiger partial charge on any atom is -0.378 e. The molecule has 2 rings (SSSR count). The van der Waals surface area contributed by atoms with E-state index in [0.29, 0.717) is 30.8 Å². The molecule has 1 fully saturated rings. The molecule has 0 radical (unpaired) electrons. The van der Waals surface area contributed by atoms with Crippen molar-refractivity contribution in [2.75, 3.05) is 6.61 Å². The second kappa shape index (κ2) is 5.94. The van der Waals surface area contributed by atoms with Gasteiger partial charge in [-0.3, -0.25) is 10.1 Å². The number of nitrogens with zero attached hydrogens (tertiary/aromatic N) is 1. The molecule has 0 aliphatic carbocycles. The van der Waals surface area contributed by atoms with E-state index in [0.717, 1.165) is 6.07 Å². The van der Waals surface area contributed by atoms with Crippen molar-refractivity contribution in [3.05, 3.63) is 20.5 Å². The average molecular weight is 341 g/mol. The van der Waals surface area contributed by atoms with Crippen LogP contribution in [0.1, 0.15) is 19.8 Å². The fourth-order valence-electron chi connectivity index (χ4n) is 1.98. The standard InChI is InChI=1S/C10H13ClN2O5S2/c1-6-4-7(2-3-18-6)12-20(16,17)9-5-8(13(14)15)10(11)19-9/h5-7,12H,2-4H2,1H3. The average Bonchev–Trinajstić information content (AvgIpc) is 2.71. The van der Waals surface area contributed by atoms with Gasteiger partial charge in [0.15, 0.2) is 4.34 Å². The van der Waals surface area contributed by atoms with Gasteiger partial charge in [-0.2, -0.15) is 0 Å². The van der Waals surface area contributed by atoms with Crippen molar-refractivity contribution in [2.45, 2.75) is 36.1 Å². The Morgan fingerprint density at radius 3 is 2.85 bits per heavy atom. The molecule has 1 aromatic rings. The Morgan fingerprint density at radius 1 is 1.60 bits per heavy atom. The van der Waals surface area contributed by atoms with Crippen molar-refractivity contribution in [2.24, 2.45) is 0 Å². The van der Waals surface area contributed by atoms with Gasteiger partial charge in [0.25, 0.3) is 15.7 Å². The Kier molecular flexibility index (Phi) is 4.65. The van der Waals surface area contributed by atoms with Crippen LogP contribution in [-0.4, -0.2) is 32.1 Å². The third-order valence-corrected chi connectivity index (χ3v) is 6.25. The molecule has 1 aliphatic rings. The lowest BCUT2D eigenvalue weighted by atomic mass is 10.1. The molecule has 1 saturated heterocycles. The van der Waals surface area contributed by atoms with Crippen molar-refractivity contribution in [3.8, 4) is 0 Å². The normalized spacial score (nSPS) is 23.7. The smallest absolute Gasteiger partial charge is 0.300 e. The zero-order valence-corrected chi connectivity index (χ0v) is 12.9. The summed E-state index contributed by atoms with van der Waals surface area (Å²) in [5.74, 6) is 0. The number of thiophene rings is 1. The summed E-state index contributed by atoms with van der Waals surface area (Å²) in [5.41, 5.74) is -0.391. The first-order chi connectivity index (χ1) is 9.29. The molecule has 10 heteroatoms. The zero-order valence-electron chi connectivity index (χ0n) is 10.5. The molecule has 2 atom stereocenters. The number of hydrogen-bond donors (Lipinski definition) is 1. The van der Waals surface area contributed by atoms with E-state index < -0.39 is 20.6 Å². The van der Waals surface area contributed by atoms with E-state index in [9.17, 15) is 18.5 Å². The van der Waals surface area contributed by atoms with E-state index in [4.69, 9.17) is 16.3 Å². The minimum atomic E-state index is -3.79. The fourth-order valence-corrected chi connectivity index (χ4v) is 4.94. The van der Waals surface area contributed by atoms with Crippen molar-refractivity contribution in [1.29, 1.82) is 0 Å². The third-order valence-electron chi connectivity index (χ3n) is 2.91. The summed E-state index contributed by atoms with van der Waals surface area (Å²) < 4.78 is 31.9. The summed E-state index contributed by atoms with van der Waals surface area (Å²) in [6.07, 6.45) is 1.13. The van der Waals surface area contributed by atoms with Crippen LogP contribution in [0.15, 0.2) is 10.3 Å². The summed E-state index contributed by atoms with van der Waals surface area (Å²) in [7, 11) is -3.79. The van der Waals surface area contributed by atoms with E-state index in [1.54, 1.807) is 0 Å². The molecule has 2 heterocycles. The highest BCUT2D eigenvalue weighted by molar-refractivity contribution is 7.91. The second-order valence-electron chi connectivity index (χ2n) is 4.51. The maximum atomic E-state index is 12.2. The topological polar surface area (TPSA) is 98.5 Å². The van der Waals surface area contributed by atoms with Crippen LogP contribution in [-0.2, 0) is 14.8 Å². The van der Waals surface area contributed by atoms with Crippen molar-refractivity contribution in [3.63, 3.8) is 0 Å². The predicted octanol–water partition coefficient (Wildman–Crippen LogP) is 2.16. The summed E-state index contributed by atoms with van der Waals surface area (Å²) in [6, 6.07) is 0.752. The summed E-state index contributed by atoms with van der Waals surface area (Å²) in [5, 5.41) is 10.7. The van der Waals surface area contributed by atoms with E-state index in [2.05, 4.69) is 4.72 Å². The Bertz CT molecular complexity index is 615. The van der Waals surface area contributed by atoms with Gasteiger partial charge in [-0.15, -0.1) is 11.3 Å². The summed E-state index contributed by atoms with van der Waals surface area (Å²) in [4.78, 5) is 9.99. The molecule has 20 heavy (non-hydrogen) atoms. The van der Waals surface area contributed by atoms with Crippen LogP contribution in [0.5, 0.6) is 0 Å². The zero-order chi connectivity index (χ0) is 14.9. The molecule has 1 aromatic heterocycles. The van der Waals surface area contributed by atoms with E-state index >= 15 is 0 Å². The van der Waals surface area contributed by atoms with Crippen LogP contribution in [0.25, 0.3) is 0 Å². The maximum absolute atomic E-state index is 12.2. The molecule has 112 valence electrons. The van der Waals surface area contributed by atoms with Gasteiger partial charge in [0, 0.05) is 18.7 Å². The molecular formula is C10H13ClN2O5S2. The Balaban J connectivity index is 2.18. The van der Waals surface area contributed by atoms with Gasteiger partial charge < -0.3 is 4.74 Å². The van der Waals surface area contributed by atoms with E-state index in [1.165, 1.54) is 0 Å². The molecular weight excluding hydrogens is 328 g/mol. The second-order valence-corrected chi connectivity index (χ2v) is 8.10.